The lowest BCUT2D eigenvalue weighted by molar-refractivity contribution is 0.667. The molecule has 0 bridgehead atoms. The highest BCUT2D eigenvalue weighted by Gasteiger charge is 2.38. The zero-order chi connectivity index (χ0) is 10.2. The van der Waals surface area contributed by atoms with Gasteiger partial charge in [-0.3, -0.25) is 0 Å². The standard InChI is InChI=1S/C13H19N/c1-3-11-5-4-10(2)8-12(11)9-13(14)6-7-13/h4-5,8H,3,6-7,9,14H2,1-2H3. The van der Waals surface area contributed by atoms with Crippen molar-refractivity contribution in [3.05, 3.63) is 34.9 Å². The summed E-state index contributed by atoms with van der Waals surface area (Å²) in [5.41, 5.74) is 10.6. The van der Waals surface area contributed by atoms with Crippen molar-refractivity contribution in [2.24, 2.45) is 5.73 Å². The van der Waals surface area contributed by atoms with E-state index in [1.807, 2.05) is 0 Å². The molecule has 0 radical (unpaired) electrons. The van der Waals surface area contributed by atoms with Crippen molar-refractivity contribution in [3.63, 3.8) is 0 Å². The second-order valence-corrected chi connectivity index (χ2v) is 4.66. The summed E-state index contributed by atoms with van der Waals surface area (Å²) >= 11 is 0. The first-order chi connectivity index (χ1) is 6.63. The first kappa shape index (κ1) is 9.72. The molecule has 1 aliphatic rings. The van der Waals surface area contributed by atoms with Crippen molar-refractivity contribution in [2.75, 3.05) is 0 Å². The van der Waals surface area contributed by atoms with E-state index in [9.17, 15) is 0 Å². The predicted octanol–water partition coefficient (Wildman–Crippen LogP) is 2.59. The highest BCUT2D eigenvalue weighted by atomic mass is 14.8. The molecule has 1 aromatic rings. The Hall–Kier alpha value is -0.820. The quantitative estimate of drug-likeness (QED) is 0.777. The summed E-state index contributed by atoms with van der Waals surface area (Å²) in [7, 11) is 0. The molecule has 0 amide bonds. The van der Waals surface area contributed by atoms with E-state index in [-0.39, 0.29) is 5.54 Å². The van der Waals surface area contributed by atoms with Crippen LogP contribution in [-0.4, -0.2) is 5.54 Å². The monoisotopic (exact) mass is 189 g/mol. The topological polar surface area (TPSA) is 26.0 Å². The van der Waals surface area contributed by atoms with Crippen molar-refractivity contribution in [1.29, 1.82) is 0 Å². The molecule has 0 unspecified atom stereocenters. The molecule has 0 saturated heterocycles. The zero-order valence-electron chi connectivity index (χ0n) is 9.14. The normalized spacial score (nSPS) is 18.2. The van der Waals surface area contributed by atoms with Crippen molar-refractivity contribution in [2.45, 2.75) is 45.1 Å². The largest absolute Gasteiger partial charge is 0.325 e. The minimum atomic E-state index is 0.137. The third kappa shape index (κ3) is 1.98. The van der Waals surface area contributed by atoms with Crippen LogP contribution in [0.3, 0.4) is 0 Å². The molecule has 1 saturated carbocycles. The molecule has 2 rings (SSSR count). The maximum absolute atomic E-state index is 6.15. The van der Waals surface area contributed by atoms with Crippen LogP contribution in [0.2, 0.25) is 0 Å². The Morgan fingerprint density at radius 1 is 1.29 bits per heavy atom. The van der Waals surface area contributed by atoms with E-state index in [1.165, 1.54) is 29.5 Å². The molecule has 0 aliphatic heterocycles. The Bertz CT molecular complexity index is 337. The van der Waals surface area contributed by atoms with Crippen molar-refractivity contribution >= 4 is 0 Å². The molecule has 2 N–H and O–H groups in total. The second-order valence-electron chi connectivity index (χ2n) is 4.66. The van der Waals surface area contributed by atoms with Gasteiger partial charge in [0, 0.05) is 5.54 Å². The summed E-state index contributed by atoms with van der Waals surface area (Å²) in [5, 5.41) is 0. The van der Waals surface area contributed by atoms with Crippen LogP contribution >= 0.6 is 0 Å². The first-order valence-electron chi connectivity index (χ1n) is 5.50. The molecule has 76 valence electrons. The Balaban J connectivity index is 2.25. The number of aryl methyl sites for hydroxylation is 2. The summed E-state index contributed by atoms with van der Waals surface area (Å²) < 4.78 is 0. The Kier molecular flexibility index (Phi) is 2.36. The Labute approximate surface area is 86.3 Å². The molecule has 0 spiro atoms. The summed E-state index contributed by atoms with van der Waals surface area (Å²) in [4.78, 5) is 0. The van der Waals surface area contributed by atoms with Crippen LogP contribution in [0.5, 0.6) is 0 Å². The van der Waals surface area contributed by atoms with Crippen LogP contribution < -0.4 is 5.73 Å². The van der Waals surface area contributed by atoms with E-state index in [0.29, 0.717) is 0 Å². The van der Waals surface area contributed by atoms with Crippen molar-refractivity contribution in [1.82, 2.24) is 0 Å². The van der Waals surface area contributed by atoms with Gasteiger partial charge in [0.05, 0.1) is 0 Å². The van der Waals surface area contributed by atoms with Crippen molar-refractivity contribution < 1.29 is 0 Å². The highest BCUT2D eigenvalue weighted by molar-refractivity contribution is 5.34. The number of rotatable bonds is 3. The van der Waals surface area contributed by atoms with Crippen LogP contribution in [-0.2, 0) is 12.8 Å². The molecule has 0 aromatic heterocycles. The molecule has 1 aliphatic carbocycles. The van der Waals surface area contributed by atoms with Crippen LogP contribution in [0.25, 0.3) is 0 Å². The van der Waals surface area contributed by atoms with E-state index in [1.54, 1.807) is 0 Å². The second kappa shape index (κ2) is 3.39. The summed E-state index contributed by atoms with van der Waals surface area (Å²) in [6.45, 7) is 4.36. The van der Waals surface area contributed by atoms with Crippen LogP contribution in [0.15, 0.2) is 18.2 Å². The van der Waals surface area contributed by atoms with Gasteiger partial charge in [-0.2, -0.15) is 0 Å². The minimum Gasteiger partial charge on any atom is -0.325 e. The molecule has 1 fully saturated rings. The molecule has 0 atom stereocenters. The number of nitrogens with two attached hydrogens (primary N) is 1. The predicted molar refractivity (Wildman–Crippen MR) is 60.4 cm³/mol. The molecule has 1 aromatic carbocycles. The van der Waals surface area contributed by atoms with Gasteiger partial charge in [-0.15, -0.1) is 0 Å². The average molecular weight is 189 g/mol. The number of hydrogen-bond donors (Lipinski definition) is 1. The van der Waals surface area contributed by atoms with Gasteiger partial charge in [-0.1, -0.05) is 30.7 Å². The zero-order valence-corrected chi connectivity index (χ0v) is 9.14. The maximum Gasteiger partial charge on any atom is 0.0196 e. The van der Waals surface area contributed by atoms with Gasteiger partial charge in [-0.25, -0.2) is 0 Å². The van der Waals surface area contributed by atoms with Crippen LogP contribution in [0.4, 0.5) is 0 Å². The van der Waals surface area contributed by atoms with Gasteiger partial charge < -0.3 is 5.73 Å². The van der Waals surface area contributed by atoms with Gasteiger partial charge >= 0.3 is 0 Å². The smallest absolute Gasteiger partial charge is 0.0196 e. The van der Waals surface area contributed by atoms with Gasteiger partial charge in [0.2, 0.25) is 0 Å². The van der Waals surface area contributed by atoms with Gasteiger partial charge in [0.15, 0.2) is 0 Å². The fourth-order valence-electron chi connectivity index (χ4n) is 1.98. The SMILES string of the molecule is CCc1ccc(C)cc1CC1(N)CC1. The van der Waals surface area contributed by atoms with E-state index < -0.39 is 0 Å². The minimum absolute atomic E-state index is 0.137. The lowest BCUT2D eigenvalue weighted by atomic mass is 9.96. The lowest BCUT2D eigenvalue weighted by Gasteiger charge is -2.13. The first-order valence-corrected chi connectivity index (χ1v) is 5.50. The highest BCUT2D eigenvalue weighted by Crippen LogP contribution is 2.36. The van der Waals surface area contributed by atoms with Crippen LogP contribution in [0, 0.1) is 6.92 Å². The fraction of sp³-hybridized carbons (Fsp3) is 0.538. The molecule has 14 heavy (non-hydrogen) atoms. The maximum atomic E-state index is 6.15. The lowest BCUT2D eigenvalue weighted by Crippen LogP contribution is -2.25. The van der Waals surface area contributed by atoms with E-state index >= 15 is 0 Å². The molecular formula is C13H19N. The molecule has 0 heterocycles. The summed E-state index contributed by atoms with van der Waals surface area (Å²) in [6, 6.07) is 6.74. The third-order valence-corrected chi connectivity index (χ3v) is 3.18. The van der Waals surface area contributed by atoms with E-state index in [2.05, 4.69) is 32.0 Å². The molecule has 1 nitrogen and oxygen atoms in total. The molecule has 1 heteroatoms. The molecular weight excluding hydrogens is 170 g/mol. The summed E-state index contributed by atoms with van der Waals surface area (Å²) in [5.74, 6) is 0. The summed E-state index contributed by atoms with van der Waals surface area (Å²) in [6.07, 6.45) is 4.58. The third-order valence-electron chi connectivity index (χ3n) is 3.18. The van der Waals surface area contributed by atoms with E-state index in [4.69, 9.17) is 5.73 Å². The van der Waals surface area contributed by atoms with Gasteiger partial charge in [-0.05, 0) is 43.7 Å². The van der Waals surface area contributed by atoms with Crippen molar-refractivity contribution in [3.8, 4) is 0 Å². The Morgan fingerprint density at radius 2 is 2.00 bits per heavy atom. The number of benzene rings is 1. The van der Waals surface area contributed by atoms with Crippen LogP contribution in [0.1, 0.15) is 36.5 Å². The van der Waals surface area contributed by atoms with Gasteiger partial charge in [0.25, 0.3) is 0 Å². The van der Waals surface area contributed by atoms with Gasteiger partial charge in [0.1, 0.15) is 0 Å². The Morgan fingerprint density at radius 3 is 2.57 bits per heavy atom. The fourth-order valence-corrected chi connectivity index (χ4v) is 1.98. The van der Waals surface area contributed by atoms with E-state index in [0.717, 1.165) is 12.8 Å². The number of hydrogen-bond acceptors (Lipinski definition) is 1. The average Bonchev–Trinajstić information content (AvgIpc) is 2.84.